The van der Waals surface area contributed by atoms with Gasteiger partial charge in [-0.2, -0.15) is 5.10 Å². The molecule has 7 nitrogen and oxygen atoms in total. The molecule has 0 saturated heterocycles. The summed E-state index contributed by atoms with van der Waals surface area (Å²) in [7, 11) is 0. The van der Waals surface area contributed by atoms with Crippen LogP contribution in [-0.4, -0.2) is 19.6 Å². The normalized spacial score (nSPS) is 10.8. The highest BCUT2D eigenvalue weighted by molar-refractivity contribution is 6.30. The average Bonchev–Trinajstić information content (AvgIpc) is 2.74. The van der Waals surface area contributed by atoms with Crippen molar-refractivity contribution in [3.05, 3.63) is 46.1 Å². The van der Waals surface area contributed by atoms with Crippen molar-refractivity contribution in [1.82, 2.24) is 19.6 Å². The van der Waals surface area contributed by atoms with E-state index in [1.807, 2.05) is 0 Å². The summed E-state index contributed by atoms with van der Waals surface area (Å²) in [6.45, 7) is 0. The predicted molar refractivity (Wildman–Crippen MR) is 69.5 cm³/mol. The fraction of sp³-hybridized carbons (Fsp3) is 0. The Balaban J connectivity index is 1.98. The Labute approximate surface area is 111 Å². The number of aromatic amines is 1. The molecular formula is C11H8ClN5O2. The van der Waals surface area contributed by atoms with Crippen molar-refractivity contribution >= 4 is 22.9 Å². The molecule has 3 rings (SSSR count). The van der Waals surface area contributed by atoms with Gasteiger partial charge in [0.1, 0.15) is 6.33 Å². The molecule has 0 bridgehead atoms. The molecule has 8 heteroatoms. The Kier molecular flexibility index (Phi) is 2.60. The molecule has 0 fully saturated rings. The van der Waals surface area contributed by atoms with E-state index in [9.17, 15) is 4.79 Å². The van der Waals surface area contributed by atoms with Gasteiger partial charge in [0.25, 0.3) is 0 Å². The summed E-state index contributed by atoms with van der Waals surface area (Å²) >= 11 is 5.80. The summed E-state index contributed by atoms with van der Waals surface area (Å²) in [5.74, 6) is 0.708. The van der Waals surface area contributed by atoms with Crippen molar-refractivity contribution in [2.45, 2.75) is 0 Å². The number of anilines is 1. The third-order valence-corrected chi connectivity index (χ3v) is 2.71. The van der Waals surface area contributed by atoms with Gasteiger partial charge in [0.15, 0.2) is 11.4 Å². The third kappa shape index (κ3) is 2.11. The maximum absolute atomic E-state index is 11.3. The highest BCUT2D eigenvalue weighted by Gasteiger charge is 2.07. The van der Waals surface area contributed by atoms with Gasteiger partial charge in [0, 0.05) is 11.1 Å². The van der Waals surface area contributed by atoms with Crippen LogP contribution in [0, 0.1) is 0 Å². The van der Waals surface area contributed by atoms with Crippen molar-refractivity contribution in [3.8, 4) is 11.6 Å². The fourth-order valence-electron chi connectivity index (χ4n) is 1.57. The number of fused-ring (bicyclic) bond motifs is 1. The number of aromatic nitrogens is 4. The van der Waals surface area contributed by atoms with E-state index in [0.717, 1.165) is 0 Å². The number of nitrogens with one attached hydrogen (secondary N) is 1. The molecular weight excluding hydrogens is 270 g/mol. The molecule has 2 aromatic heterocycles. The van der Waals surface area contributed by atoms with E-state index in [1.54, 1.807) is 18.2 Å². The second-order valence-electron chi connectivity index (χ2n) is 3.77. The Morgan fingerprint density at radius 1 is 1.37 bits per heavy atom. The highest BCUT2D eigenvalue weighted by atomic mass is 35.5. The lowest BCUT2D eigenvalue weighted by molar-refractivity contribution is 0.464. The van der Waals surface area contributed by atoms with Gasteiger partial charge in [-0.05, 0) is 18.2 Å². The molecule has 0 aliphatic carbocycles. The third-order valence-electron chi connectivity index (χ3n) is 2.47. The molecule has 0 saturated carbocycles. The fourth-order valence-corrected chi connectivity index (χ4v) is 1.75. The SMILES string of the molecule is Nc1cc(Cl)ccc1Oc1cc2n[nH]c(=O)n2cn1. The van der Waals surface area contributed by atoms with E-state index in [-0.39, 0.29) is 11.6 Å². The Morgan fingerprint density at radius 3 is 3.00 bits per heavy atom. The van der Waals surface area contributed by atoms with Gasteiger partial charge >= 0.3 is 5.69 Å². The number of nitrogen functional groups attached to an aromatic ring is 1. The predicted octanol–water partition coefficient (Wildman–Crippen LogP) is 1.45. The van der Waals surface area contributed by atoms with Crippen LogP contribution in [-0.2, 0) is 0 Å². The lowest BCUT2D eigenvalue weighted by Gasteiger charge is -2.07. The molecule has 0 atom stereocenters. The van der Waals surface area contributed by atoms with Crippen LogP contribution >= 0.6 is 11.6 Å². The first kappa shape index (κ1) is 11.5. The molecule has 0 unspecified atom stereocenters. The van der Waals surface area contributed by atoms with Crippen molar-refractivity contribution in [1.29, 1.82) is 0 Å². The first-order chi connectivity index (χ1) is 9.13. The maximum Gasteiger partial charge on any atom is 0.348 e. The van der Waals surface area contributed by atoms with Crippen LogP contribution < -0.4 is 16.2 Å². The van der Waals surface area contributed by atoms with Crippen LogP contribution in [0.3, 0.4) is 0 Å². The van der Waals surface area contributed by atoms with Crippen molar-refractivity contribution in [2.75, 3.05) is 5.73 Å². The van der Waals surface area contributed by atoms with E-state index in [0.29, 0.717) is 22.1 Å². The number of hydrogen-bond donors (Lipinski definition) is 2. The molecule has 0 aliphatic rings. The van der Waals surface area contributed by atoms with Crippen LogP contribution in [0.1, 0.15) is 0 Å². The standard InChI is InChI=1S/C11H8ClN5O2/c12-6-1-2-8(7(13)3-6)19-10-4-9-15-16-11(18)17(9)5-14-10/h1-5H,13H2,(H,16,18). The molecule has 1 aromatic carbocycles. The summed E-state index contributed by atoms with van der Waals surface area (Å²) in [5.41, 5.74) is 6.21. The van der Waals surface area contributed by atoms with Crippen LogP contribution in [0.15, 0.2) is 35.4 Å². The molecule has 19 heavy (non-hydrogen) atoms. The molecule has 0 spiro atoms. The zero-order valence-corrected chi connectivity index (χ0v) is 10.3. The summed E-state index contributed by atoms with van der Waals surface area (Å²) in [5, 5.41) is 6.64. The summed E-state index contributed by atoms with van der Waals surface area (Å²) in [4.78, 5) is 15.3. The highest BCUT2D eigenvalue weighted by Crippen LogP contribution is 2.28. The van der Waals surface area contributed by atoms with E-state index in [2.05, 4.69) is 15.2 Å². The lowest BCUT2D eigenvalue weighted by atomic mass is 10.3. The van der Waals surface area contributed by atoms with Gasteiger partial charge in [-0.3, -0.25) is 0 Å². The molecule has 0 amide bonds. The molecule has 3 N–H and O–H groups in total. The largest absolute Gasteiger partial charge is 0.437 e. The smallest absolute Gasteiger partial charge is 0.348 e. The zero-order chi connectivity index (χ0) is 13.4. The Bertz CT molecular complexity index is 810. The molecule has 0 aliphatic heterocycles. The first-order valence-electron chi connectivity index (χ1n) is 5.29. The van der Waals surface area contributed by atoms with E-state index < -0.39 is 0 Å². The number of H-pyrrole nitrogens is 1. The van der Waals surface area contributed by atoms with Crippen molar-refractivity contribution in [2.24, 2.45) is 0 Å². The number of ether oxygens (including phenoxy) is 1. The number of nitrogens with zero attached hydrogens (tertiary/aromatic N) is 3. The zero-order valence-electron chi connectivity index (χ0n) is 9.50. The maximum atomic E-state index is 11.3. The van der Waals surface area contributed by atoms with Gasteiger partial charge in [0.2, 0.25) is 5.88 Å². The van der Waals surface area contributed by atoms with Crippen LogP contribution in [0.5, 0.6) is 11.6 Å². The number of nitrogens with two attached hydrogens (primary N) is 1. The van der Waals surface area contributed by atoms with Crippen LogP contribution in [0.4, 0.5) is 5.69 Å². The molecule has 2 heterocycles. The van der Waals surface area contributed by atoms with Crippen LogP contribution in [0.25, 0.3) is 5.65 Å². The number of rotatable bonds is 2. The summed E-state index contributed by atoms with van der Waals surface area (Å²) in [6.07, 6.45) is 1.32. The van der Waals surface area contributed by atoms with Gasteiger partial charge < -0.3 is 10.5 Å². The minimum absolute atomic E-state index is 0.278. The Morgan fingerprint density at radius 2 is 2.21 bits per heavy atom. The van der Waals surface area contributed by atoms with Crippen LogP contribution in [0.2, 0.25) is 5.02 Å². The number of benzene rings is 1. The van der Waals surface area contributed by atoms with Gasteiger partial charge in [-0.15, -0.1) is 0 Å². The number of hydrogen-bond acceptors (Lipinski definition) is 5. The average molecular weight is 278 g/mol. The molecule has 3 aromatic rings. The van der Waals surface area contributed by atoms with Gasteiger partial charge in [-0.1, -0.05) is 11.6 Å². The summed E-state index contributed by atoms with van der Waals surface area (Å²) in [6, 6.07) is 6.39. The minimum atomic E-state index is -0.361. The lowest BCUT2D eigenvalue weighted by Crippen LogP contribution is -2.09. The van der Waals surface area contributed by atoms with Crippen molar-refractivity contribution in [3.63, 3.8) is 0 Å². The molecule has 96 valence electrons. The van der Waals surface area contributed by atoms with Gasteiger partial charge in [-0.25, -0.2) is 19.3 Å². The molecule has 0 radical (unpaired) electrons. The van der Waals surface area contributed by atoms with Gasteiger partial charge in [0.05, 0.1) is 5.69 Å². The van der Waals surface area contributed by atoms with E-state index in [4.69, 9.17) is 22.1 Å². The van der Waals surface area contributed by atoms with E-state index in [1.165, 1.54) is 16.8 Å². The topological polar surface area (TPSA) is 98.3 Å². The number of halogens is 1. The van der Waals surface area contributed by atoms with E-state index >= 15 is 0 Å². The Hall–Kier alpha value is -2.54. The first-order valence-corrected chi connectivity index (χ1v) is 5.67. The minimum Gasteiger partial charge on any atom is -0.437 e. The quantitative estimate of drug-likeness (QED) is 0.691. The monoisotopic (exact) mass is 277 g/mol. The second kappa shape index (κ2) is 4.29. The summed E-state index contributed by atoms with van der Waals surface area (Å²) < 4.78 is 6.78. The van der Waals surface area contributed by atoms with Crippen molar-refractivity contribution < 1.29 is 4.74 Å². The second-order valence-corrected chi connectivity index (χ2v) is 4.20.